The van der Waals surface area contributed by atoms with E-state index in [2.05, 4.69) is 24.3 Å². The maximum absolute atomic E-state index is 12.3. The number of amides is 1. The molecule has 25 heavy (non-hydrogen) atoms. The van der Waals surface area contributed by atoms with Gasteiger partial charge in [0, 0.05) is 18.7 Å². The average molecular weight is 351 g/mol. The predicted molar refractivity (Wildman–Crippen MR) is 98.3 cm³/mol. The Morgan fingerprint density at radius 3 is 2.32 bits per heavy atom. The van der Waals surface area contributed by atoms with Crippen LogP contribution in [-0.2, 0) is 27.3 Å². The molecule has 0 aliphatic carbocycles. The van der Waals surface area contributed by atoms with Crippen LogP contribution in [0.2, 0.25) is 0 Å². The summed E-state index contributed by atoms with van der Waals surface area (Å²) in [5, 5.41) is 7.39. The molecule has 0 saturated heterocycles. The van der Waals surface area contributed by atoms with Crippen LogP contribution in [0.5, 0.6) is 0 Å². The molecule has 0 aliphatic heterocycles. The highest BCUT2D eigenvalue weighted by Crippen LogP contribution is 2.17. The van der Waals surface area contributed by atoms with Crippen molar-refractivity contribution < 1.29 is 14.3 Å². The monoisotopic (exact) mass is 351 g/mol. The lowest BCUT2D eigenvalue weighted by Crippen LogP contribution is -2.42. The number of nitrogens with zero attached hydrogens (tertiary/aromatic N) is 2. The van der Waals surface area contributed by atoms with Crippen molar-refractivity contribution in [3.8, 4) is 0 Å². The van der Waals surface area contributed by atoms with Crippen molar-refractivity contribution in [1.29, 1.82) is 0 Å². The van der Waals surface area contributed by atoms with Gasteiger partial charge in [-0.25, -0.2) is 4.79 Å². The minimum atomic E-state index is -0.580. The number of carbonyl (C=O) groups is 2. The Morgan fingerprint density at radius 2 is 1.80 bits per heavy atom. The van der Waals surface area contributed by atoms with E-state index in [1.165, 1.54) is 7.11 Å². The second-order valence-electron chi connectivity index (χ2n) is 7.50. The Labute approximate surface area is 151 Å². The molecule has 0 radical (unpaired) electrons. The van der Waals surface area contributed by atoms with Gasteiger partial charge >= 0.3 is 5.97 Å². The molecule has 0 spiro atoms. The van der Waals surface area contributed by atoms with Crippen LogP contribution in [0.25, 0.3) is 0 Å². The summed E-state index contributed by atoms with van der Waals surface area (Å²) in [5.74, 6) is 0.291. The van der Waals surface area contributed by atoms with Crippen LogP contribution >= 0.6 is 0 Å². The van der Waals surface area contributed by atoms with Crippen LogP contribution < -0.4 is 5.32 Å². The van der Waals surface area contributed by atoms with Gasteiger partial charge in [-0.1, -0.05) is 27.7 Å². The number of carbonyl (C=O) groups excluding carboxylic acids is 2. The Hall–Kier alpha value is -1.85. The maximum atomic E-state index is 12.3. The second-order valence-corrected chi connectivity index (χ2v) is 7.50. The molecule has 1 heterocycles. The molecular weight excluding hydrogens is 318 g/mol. The fourth-order valence-corrected chi connectivity index (χ4v) is 2.95. The van der Waals surface area contributed by atoms with Crippen molar-refractivity contribution in [2.45, 2.75) is 73.4 Å². The first-order chi connectivity index (χ1) is 11.6. The zero-order chi connectivity index (χ0) is 19.1. The summed E-state index contributed by atoms with van der Waals surface area (Å²) >= 11 is 0. The fraction of sp³-hybridized carbons (Fsp3) is 0.737. The largest absolute Gasteiger partial charge is 0.467 e. The van der Waals surface area contributed by atoms with Gasteiger partial charge < -0.3 is 10.1 Å². The third-order valence-electron chi connectivity index (χ3n) is 4.20. The number of rotatable bonds is 9. The molecule has 1 unspecified atom stereocenters. The van der Waals surface area contributed by atoms with Gasteiger partial charge in [0.1, 0.15) is 6.04 Å². The summed E-state index contributed by atoms with van der Waals surface area (Å²) in [6, 6.07) is -0.580. The van der Waals surface area contributed by atoms with Crippen molar-refractivity contribution in [2.75, 3.05) is 7.11 Å². The van der Waals surface area contributed by atoms with Crippen molar-refractivity contribution >= 4 is 11.9 Å². The quantitative estimate of drug-likeness (QED) is 0.694. The van der Waals surface area contributed by atoms with E-state index in [1.54, 1.807) is 0 Å². The van der Waals surface area contributed by atoms with E-state index in [1.807, 2.05) is 32.4 Å². The van der Waals surface area contributed by atoms with Crippen LogP contribution in [0, 0.1) is 25.7 Å². The topological polar surface area (TPSA) is 73.2 Å². The highest BCUT2D eigenvalue weighted by atomic mass is 16.5. The van der Waals surface area contributed by atoms with E-state index < -0.39 is 6.04 Å². The van der Waals surface area contributed by atoms with Crippen molar-refractivity contribution in [2.24, 2.45) is 11.8 Å². The molecule has 0 aromatic carbocycles. The van der Waals surface area contributed by atoms with Gasteiger partial charge in [0.25, 0.3) is 0 Å². The Bertz CT molecular complexity index is 591. The molecule has 1 N–H and O–H groups in total. The lowest BCUT2D eigenvalue weighted by atomic mass is 10.0. The fourth-order valence-electron chi connectivity index (χ4n) is 2.95. The number of esters is 1. The summed E-state index contributed by atoms with van der Waals surface area (Å²) in [6.07, 6.45) is 1.53. The highest BCUT2D eigenvalue weighted by Gasteiger charge is 2.23. The lowest BCUT2D eigenvalue weighted by Gasteiger charge is -2.18. The molecule has 142 valence electrons. The molecule has 0 aliphatic rings. The van der Waals surface area contributed by atoms with E-state index >= 15 is 0 Å². The van der Waals surface area contributed by atoms with Gasteiger partial charge in [-0.2, -0.15) is 5.10 Å². The van der Waals surface area contributed by atoms with Gasteiger partial charge in [-0.05, 0) is 44.1 Å². The summed E-state index contributed by atoms with van der Waals surface area (Å²) in [5.41, 5.74) is 3.21. The molecule has 0 bridgehead atoms. The number of nitrogens with one attached hydrogen (secondary N) is 1. The third kappa shape index (κ3) is 6.52. The van der Waals surface area contributed by atoms with Gasteiger partial charge in [-0.3, -0.25) is 9.48 Å². The molecular formula is C19H33N3O3. The number of aryl methyl sites for hydroxylation is 1. The lowest BCUT2D eigenvalue weighted by molar-refractivity contribution is -0.145. The zero-order valence-corrected chi connectivity index (χ0v) is 16.7. The molecule has 1 amide bonds. The zero-order valence-electron chi connectivity index (χ0n) is 16.7. The molecule has 1 rings (SSSR count). The minimum absolute atomic E-state index is 0.133. The molecule has 0 saturated carbocycles. The van der Waals surface area contributed by atoms with Gasteiger partial charge in [0.15, 0.2) is 0 Å². The molecule has 6 heteroatoms. The normalized spacial score (nSPS) is 12.5. The van der Waals surface area contributed by atoms with E-state index in [0.29, 0.717) is 31.1 Å². The average Bonchev–Trinajstić information content (AvgIpc) is 2.76. The summed E-state index contributed by atoms with van der Waals surface area (Å²) in [7, 11) is 1.34. The summed E-state index contributed by atoms with van der Waals surface area (Å²) in [6.45, 7) is 13.2. The maximum Gasteiger partial charge on any atom is 0.328 e. The molecule has 1 aromatic heterocycles. The molecule has 6 nitrogen and oxygen atoms in total. The Morgan fingerprint density at radius 1 is 1.16 bits per heavy atom. The van der Waals surface area contributed by atoms with Gasteiger partial charge in [0.2, 0.25) is 5.91 Å². The highest BCUT2D eigenvalue weighted by molar-refractivity contribution is 5.84. The number of hydrogen-bond donors (Lipinski definition) is 1. The van der Waals surface area contributed by atoms with Crippen molar-refractivity contribution in [1.82, 2.24) is 15.1 Å². The SMILES string of the molecule is COC(=O)C(CC(C)C)NC(=O)CCc1c(C)nn(CC(C)C)c1C. The van der Waals surface area contributed by atoms with E-state index in [0.717, 1.165) is 23.5 Å². The summed E-state index contributed by atoms with van der Waals surface area (Å²) in [4.78, 5) is 24.1. The van der Waals surface area contributed by atoms with Crippen molar-refractivity contribution in [3.63, 3.8) is 0 Å². The van der Waals surface area contributed by atoms with E-state index in [9.17, 15) is 9.59 Å². The van der Waals surface area contributed by atoms with Crippen LogP contribution in [0.4, 0.5) is 0 Å². The minimum Gasteiger partial charge on any atom is -0.467 e. The van der Waals surface area contributed by atoms with Crippen LogP contribution in [0.3, 0.4) is 0 Å². The van der Waals surface area contributed by atoms with Crippen LogP contribution in [-0.4, -0.2) is 34.8 Å². The Balaban J connectivity index is 2.69. The first-order valence-corrected chi connectivity index (χ1v) is 9.05. The first-order valence-electron chi connectivity index (χ1n) is 9.05. The van der Waals surface area contributed by atoms with Crippen LogP contribution in [0.15, 0.2) is 0 Å². The van der Waals surface area contributed by atoms with E-state index in [-0.39, 0.29) is 11.9 Å². The smallest absolute Gasteiger partial charge is 0.328 e. The van der Waals surface area contributed by atoms with Crippen LogP contribution in [0.1, 0.15) is 57.5 Å². The number of ether oxygens (including phenoxy) is 1. The predicted octanol–water partition coefficient (Wildman–Crippen LogP) is 2.79. The molecule has 1 aromatic rings. The number of hydrogen-bond acceptors (Lipinski definition) is 4. The molecule has 1 atom stereocenters. The standard InChI is InChI=1S/C19H33N3O3/c1-12(2)10-17(19(24)25-7)20-18(23)9-8-16-14(5)21-22(15(16)6)11-13(3)4/h12-13,17H,8-11H2,1-7H3,(H,20,23). The van der Waals surface area contributed by atoms with Gasteiger partial charge in [0.05, 0.1) is 12.8 Å². The summed E-state index contributed by atoms with van der Waals surface area (Å²) < 4.78 is 6.81. The van der Waals surface area contributed by atoms with E-state index in [4.69, 9.17) is 4.74 Å². The third-order valence-corrected chi connectivity index (χ3v) is 4.20. The molecule has 0 fully saturated rings. The van der Waals surface area contributed by atoms with Gasteiger partial charge in [-0.15, -0.1) is 0 Å². The number of methoxy groups -OCH3 is 1. The second kappa shape index (κ2) is 9.59. The Kier molecular flexibility index (Phi) is 8.13. The van der Waals surface area contributed by atoms with Crippen molar-refractivity contribution in [3.05, 3.63) is 17.0 Å². The number of aromatic nitrogens is 2. The first kappa shape index (κ1) is 21.2.